The summed E-state index contributed by atoms with van der Waals surface area (Å²) in [4.78, 5) is 34.0. The summed E-state index contributed by atoms with van der Waals surface area (Å²) in [6.07, 6.45) is -0.570. The highest BCUT2D eigenvalue weighted by atomic mass is 32.1. The van der Waals surface area contributed by atoms with Gasteiger partial charge in [0.2, 0.25) is 11.8 Å². The zero-order valence-electron chi connectivity index (χ0n) is 21.6. The molecule has 36 heavy (non-hydrogen) atoms. The van der Waals surface area contributed by atoms with Gasteiger partial charge < -0.3 is 19.8 Å². The van der Waals surface area contributed by atoms with Crippen LogP contribution in [0, 0.1) is 19.3 Å². The van der Waals surface area contributed by atoms with Gasteiger partial charge in [0.1, 0.15) is 17.7 Å². The number of β-amino-alcohol motifs (C(OH)–C–C–N with tert-alkyl or cyclic N) is 1. The molecule has 1 aliphatic rings. The predicted molar refractivity (Wildman–Crippen MR) is 138 cm³/mol. The van der Waals surface area contributed by atoms with Gasteiger partial charge in [0, 0.05) is 19.0 Å². The number of carbonyl (C=O) groups is 2. The Labute approximate surface area is 215 Å². The number of carbonyl (C=O) groups excluding carboxylic acids is 2. The van der Waals surface area contributed by atoms with E-state index in [0.717, 1.165) is 21.7 Å². The molecule has 0 aliphatic carbocycles. The number of nitrogens with one attached hydrogen (secondary N) is 1. The van der Waals surface area contributed by atoms with Crippen LogP contribution in [0.2, 0.25) is 0 Å². The molecule has 0 spiro atoms. The summed E-state index contributed by atoms with van der Waals surface area (Å²) in [5, 5.41) is 17.4. The minimum absolute atomic E-state index is 0.105. The molecule has 3 heterocycles. The van der Waals surface area contributed by atoms with E-state index in [1.165, 1.54) is 4.90 Å². The highest BCUT2D eigenvalue weighted by molar-refractivity contribution is 7.13. The maximum Gasteiger partial charge on any atom is 0.243 e. The van der Waals surface area contributed by atoms with Crippen molar-refractivity contribution in [1.29, 1.82) is 0 Å². The zero-order valence-corrected chi connectivity index (χ0v) is 22.4. The van der Waals surface area contributed by atoms with E-state index in [0.29, 0.717) is 11.5 Å². The van der Waals surface area contributed by atoms with Crippen molar-refractivity contribution in [1.82, 2.24) is 20.4 Å². The number of aryl methyl sites for hydroxylation is 2. The molecule has 1 unspecified atom stereocenters. The first kappa shape index (κ1) is 26.0. The van der Waals surface area contributed by atoms with Crippen molar-refractivity contribution in [2.24, 2.45) is 5.41 Å². The topological polar surface area (TPSA) is 109 Å². The minimum Gasteiger partial charge on any atom is -0.391 e. The largest absolute Gasteiger partial charge is 0.391 e. The number of aliphatic hydroxyl groups is 1. The zero-order chi connectivity index (χ0) is 26.2. The van der Waals surface area contributed by atoms with Crippen molar-refractivity contribution in [2.45, 2.75) is 72.1 Å². The summed E-state index contributed by atoms with van der Waals surface area (Å²) < 4.78 is 5.46. The molecule has 1 aromatic carbocycles. The van der Waals surface area contributed by atoms with Gasteiger partial charge in [0.25, 0.3) is 0 Å². The number of rotatable bonds is 6. The third-order valence-electron chi connectivity index (χ3n) is 6.69. The van der Waals surface area contributed by atoms with Gasteiger partial charge in [0.15, 0.2) is 0 Å². The molecule has 9 heteroatoms. The minimum atomic E-state index is -0.765. The van der Waals surface area contributed by atoms with Crippen LogP contribution in [0.15, 0.2) is 40.4 Å². The van der Waals surface area contributed by atoms with Crippen molar-refractivity contribution in [2.75, 3.05) is 6.54 Å². The number of benzene rings is 1. The number of nitrogens with zero attached hydrogens (tertiary/aromatic N) is 3. The average Bonchev–Trinajstić information content (AvgIpc) is 3.53. The molecule has 0 radical (unpaired) electrons. The van der Waals surface area contributed by atoms with Gasteiger partial charge in [0.05, 0.1) is 33.9 Å². The molecule has 1 aliphatic heterocycles. The van der Waals surface area contributed by atoms with Gasteiger partial charge in [-0.25, -0.2) is 4.98 Å². The van der Waals surface area contributed by atoms with Gasteiger partial charge in [-0.15, -0.1) is 11.3 Å². The first-order valence-corrected chi connectivity index (χ1v) is 13.1. The third kappa shape index (κ3) is 5.37. The van der Waals surface area contributed by atoms with Crippen LogP contribution in [-0.4, -0.2) is 50.7 Å². The highest BCUT2D eigenvalue weighted by Gasteiger charge is 2.46. The van der Waals surface area contributed by atoms with Crippen LogP contribution in [0.3, 0.4) is 0 Å². The molecule has 1 fully saturated rings. The number of hydrogen-bond acceptors (Lipinski definition) is 7. The van der Waals surface area contributed by atoms with E-state index < -0.39 is 23.5 Å². The van der Waals surface area contributed by atoms with Crippen LogP contribution in [0.25, 0.3) is 10.4 Å². The molecular weight excluding hydrogens is 476 g/mol. The van der Waals surface area contributed by atoms with E-state index in [1.54, 1.807) is 24.3 Å². The van der Waals surface area contributed by atoms with E-state index in [4.69, 9.17) is 4.52 Å². The Bertz CT molecular complexity index is 1230. The molecule has 0 bridgehead atoms. The number of amides is 2. The van der Waals surface area contributed by atoms with Crippen LogP contribution in [0.5, 0.6) is 0 Å². The number of thiazole rings is 1. The second kappa shape index (κ2) is 10.1. The molecule has 2 aromatic heterocycles. The summed E-state index contributed by atoms with van der Waals surface area (Å²) >= 11 is 1.60. The highest BCUT2D eigenvalue weighted by Crippen LogP contribution is 2.38. The second-order valence-corrected chi connectivity index (χ2v) is 11.5. The molecule has 1 saturated heterocycles. The van der Waals surface area contributed by atoms with Crippen LogP contribution >= 0.6 is 11.3 Å². The van der Waals surface area contributed by atoms with Gasteiger partial charge in [-0.3, -0.25) is 9.59 Å². The van der Waals surface area contributed by atoms with Crippen LogP contribution in [-0.2, 0) is 9.59 Å². The van der Waals surface area contributed by atoms with E-state index in [1.807, 2.05) is 64.4 Å². The van der Waals surface area contributed by atoms with Crippen LogP contribution in [0.4, 0.5) is 0 Å². The van der Waals surface area contributed by atoms with Crippen LogP contribution in [0.1, 0.15) is 68.8 Å². The molecule has 0 saturated carbocycles. The fourth-order valence-corrected chi connectivity index (χ4v) is 5.62. The van der Waals surface area contributed by atoms with Crippen molar-refractivity contribution >= 4 is 23.2 Å². The second-order valence-electron chi connectivity index (χ2n) is 10.7. The maximum absolute atomic E-state index is 13.7. The molecule has 3 aromatic rings. The third-order valence-corrected chi connectivity index (χ3v) is 7.66. The van der Waals surface area contributed by atoms with Crippen molar-refractivity contribution in [3.63, 3.8) is 0 Å². The molecule has 4 rings (SSSR count). The average molecular weight is 511 g/mol. The van der Waals surface area contributed by atoms with E-state index in [9.17, 15) is 14.7 Å². The molecule has 2 N–H and O–H groups in total. The van der Waals surface area contributed by atoms with Crippen molar-refractivity contribution < 1.29 is 19.2 Å². The lowest BCUT2D eigenvalue weighted by atomic mass is 9.78. The number of aromatic nitrogens is 2. The van der Waals surface area contributed by atoms with Crippen molar-refractivity contribution in [3.8, 4) is 10.4 Å². The Balaban J connectivity index is 1.50. The van der Waals surface area contributed by atoms with Crippen molar-refractivity contribution in [3.05, 3.63) is 58.6 Å². The Hall–Kier alpha value is -3.04. The smallest absolute Gasteiger partial charge is 0.243 e. The lowest BCUT2D eigenvalue weighted by Gasteiger charge is -2.33. The monoisotopic (exact) mass is 510 g/mol. The van der Waals surface area contributed by atoms with Gasteiger partial charge in [-0.1, -0.05) is 50.2 Å². The maximum atomic E-state index is 13.7. The van der Waals surface area contributed by atoms with Gasteiger partial charge in [-0.2, -0.15) is 0 Å². The lowest BCUT2D eigenvalue weighted by molar-refractivity contribution is -0.142. The fraction of sp³-hybridized carbons (Fsp3) is 0.481. The molecule has 8 nitrogen and oxygen atoms in total. The summed E-state index contributed by atoms with van der Waals surface area (Å²) in [7, 11) is 0. The summed E-state index contributed by atoms with van der Waals surface area (Å²) in [5.41, 5.74) is 5.08. The fourth-order valence-electron chi connectivity index (χ4n) is 4.80. The Morgan fingerprint density at radius 1 is 1.22 bits per heavy atom. The van der Waals surface area contributed by atoms with Gasteiger partial charge >= 0.3 is 0 Å². The predicted octanol–water partition coefficient (Wildman–Crippen LogP) is 4.38. The summed E-state index contributed by atoms with van der Waals surface area (Å²) in [6.45, 7) is 11.7. The molecular formula is C27H34N4O4S. The van der Waals surface area contributed by atoms with E-state index >= 15 is 0 Å². The normalized spacial score (nSPS) is 19.8. The number of likely N-dealkylation sites (tertiary alicyclic amines) is 1. The van der Waals surface area contributed by atoms with Crippen LogP contribution < -0.4 is 5.32 Å². The van der Waals surface area contributed by atoms with E-state index in [-0.39, 0.29) is 30.8 Å². The Kier molecular flexibility index (Phi) is 7.33. The number of hydrogen-bond donors (Lipinski definition) is 2. The number of aliphatic hydroxyl groups excluding tert-OH is 1. The summed E-state index contributed by atoms with van der Waals surface area (Å²) in [6, 6.07) is 8.78. The first-order valence-electron chi connectivity index (χ1n) is 12.2. The van der Waals surface area contributed by atoms with E-state index in [2.05, 4.69) is 15.5 Å². The quantitative estimate of drug-likeness (QED) is 0.509. The lowest BCUT2D eigenvalue weighted by Crippen LogP contribution is -2.49. The molecule has 192 valence electrons. The van der Waals surface area contributed by atoms with Gasteiger partial charge in [-0.05, 0) is 37.3 Å². The standard InChI is InChI=1S/C27H34N4O4S/c1-15-11-22(35-30-15)23(27(4,5)6)26(34)31-13-20(32)12-21(31)25(33)29-16(2)18-7-9-19(10-8-18)24-17(3)28-14-36-24/h7-11,14,16,20-21,23,32H,12-13H2,1-6H3,(H,29,33)/t16-,20+,21-,23?/m0/s1. The SMILES string of the molecule is Cc1cc(C(C(=O)N2C[C@H](O)C[C@H]2C(=O)N[C@@H](C)c2ccc(-c3scnc3C)cc2)C(C)(C)C)on1. The summed E-state index contributed by atoms with van der Waals surface area (Å²) in [5.74, 6) is -0.682. The molecule has 4 atom stereocenters. The molecule has 2 amide bonds. The Morgan fingerprint density at radius 3 is 2.47 bits per heavy atom. The first-order chi connectivity index (χ1) is 17.0. The Morgan fingerprint density at radius 2 is 1.92 bits per heavy atom.